The zero-order valence-electron chi connectivity index (χ0n) is 13.1. The minimum absolute atomic E-state index is 0. The van der Waals surface area contributed by atoms with Gasteiger partial charge in [0.2, 0.25) is 0 Å². The van der Waals surface area contributed by atoms with Gasteiger partial charge in [-0.15, -0.1) is 24.8 Å². The summed E-state index contributed by atoms with van der Waals surface area (Å²) in [5.74, 6) is 0. The molecule has 0 aliphatic heterocycles. The first-order chi connectivity index (χ1) is 10.4. The summed E-state index contributed by atoms with van der Waals surface area (Å²) in [6, 6.07) is 0. The standard InChI is InChI=1S/4C5H5.2ClH.Zr/c4*1-2-4-5-3-1;;;/h4*1-3H,4H2;2*1H;. The van der Waals surface area contributed by atoms with E-state index in [9.17, 15) is 0 Å². The Hall–Kier alpha value is -0.617. The quantitative estimate of drug-likeness (QED) is 0.493. The maximum atomic E-state index is 2.44. The van der Waals surface area contributed by atoms with Gasteiger partial charge < -0.3 is 0 Å². The summed E-state index contributed by atoms with van der Waals surface area (Å²) in [6.07, 6.45) is 32.9. The summed E-state index contributed by atoms with van der Waals surface area (Å²) < 4.78 is 7.02. The van der Waals surface area contributed by atoms with Crippen LogP contribution in [0.15, 0.2) is 86.0 Å². The van der Waals surface area contributed by atoms with Crippen LogP contribution in [0.1, 0.15) is 25.7 Å². The third-order valence-corrected chi connectivity index (χ3v) is 18.1. The second-order valence-electron chi connectivity index (χ2n) is 6.05. The van der Waals surface area contributed by atoms with Crippen molar-refractivity contribution in [1.82, 2.24) is 0 Å². The van der Waals surface area contributed by atoms with E-state index in [4.69, 9.17) is 0 Å². The SMILES string of the molecule is C1=CC[C]([Zr]([C]2=CC=CC2)([C]2=CC=CC2)[C]2=CC=CC2)=C1.Cl.Cl. The van der Waals surface area contributed by atoms with Gasteiger partial charge in [-0.2, -0.15) is 0 Å². The van der Waals surface area contributed by atoms with Gasteiger partial charge in [0.05, 0.1) is 0 Å². The van der Waals surface area contributed by atoms with Gasteiger partial charge in [-0.05, 0) is 0 Å². The van der Waals surface area contributed by atoms with E-state index in [-0.39, 0.29) is 24.8 Å². The van der Waals surface area contributed by atoms with Gasteiger partial charge in [0.15, 0.2) is 0 Å². The Bertz CT molecular complexity index is 586. The molecule has 4 rings (SSSR count). The Kier molecular flexibility index (Phi) is 6.49. The molecule has 4 aliphatic carbocycles. The van der Waals surface area contributed by atoms with Crippen molar-refractivity contribution < 1.29 is 20.3 Å². The number of allylic oxidation sites excluding steroid dienone is 16. The van der Waals surface area contributed by atoms with Gasteiger partial charge in [-0.3, -0.25) is 0 Å². The summed E-state index contributed by atoms with van der Waals surface area (Å²) in [4.78, 5) is 0. The maximum Gasteiger partial charge on any atom is -0.147 e. The summed E-state index contributed by atoms with van der Waals surface area (Å²) in [6.45, 7) is 0. The summed E-state index contributed by atoms with van der Waals surface area (Å²) >= 11 is -2.83. The molecule has 4 aliphatic rings. The Balaban J connectivity index is 0.000000960. The molecule has 0 atom stereocenters. The van der Waals surface area contributed by atoms with Gasteiger partial charge in [-0.1, -0.05) is 0 Å². The molecule has 0 saturated heterocycles. The van der Waals surface area contributed by atoms with Gasteiger partial charge >= 0.3 is 132 Å². The Morgan fingerprint density at radius 3 is 0.913 bits per heavy atom. The Labute approximate surface area is 156 Å². The third kappa shape index (κ3) is 3.04. The third-order valence-electron chi connectivity index (χ3n) is 5.01. The van der Waals surface area contributed by atoms with E-state index in [0.717, 1.165) is 0 Å². The molecule has 0 bridgehead atoms. The van der Waals surface area contributed by atoms with Crippen LogP contribution in [-0.4, -0.2) is 0 Å². The van der Waals surface area contributed by atoms with Crippen LogP contribution in [0.2, 0.25) is 0 Å². The van der Waals surface area contributed by atoms with E-state index < -0.39 is 20.3 Å². The number of halogens is 2. The van der Waals surface area contributed by atoms with Gasteiger partial charge in [0, 0.05) is 0 Å². The number of rotatable bonds is 4. The fourth-order valence-electron chi connectivity index (χ4n) is 4.14. The minimum atomic E-state index is -2.83. The van der Waals surface area contributed by atoms with Crippen molar-refractivity contribution in [2.24, 2.45) is 0 Å². The summed E-state index contributed by atoms with van der Waals surface area (Å²) in [5.41, 5.74) is 0. The molecule has 0 spiro atoms. The first-order valence-electron chi connectivity index (χ1n) is 7.87. The fourth-order valence-corrected chi connectivity index (χ4v) is 17.8. The average molecular weight is 425 g/mol. The van der Waals surface area contributed by atoms with Crippen LogP contribution in [0, 0.1) is 0 Å². The van der Waals surface area contributed by atoms with Crippen molar-refractivity contribution in [2.75, 3.05) is 0 Å². The van der Waals surface area contributed by atoms with Crippen molar-refractivity contribution in [2.45, 2.75) is 25.7 Å². The molecule has 0 saturated carbocycles. The molecule has 23 heavy (non-hydrogen) atoms. The molecule has 3 heteroatoms. The van der Waals surface area contributed by atoms with Crippen LogP contribution >= 0.6 is 24.8 Å². The molecule has 0 nitrogen and oxygen atoms in total. The fraction of sp³-hybridized carbons (Fsp3) is 0.200. The van der Waals surface area contributed by atoms with Crippen molar-refractivity contribution in [3.05, 3.63) is 86.0 Å². The van der Waals surface area contributed by atoms with Crippen LogP contribution in [-0.2, 0) is 20.3 Å². The van der Waals surface area contributed by atoms with Gasteiger partial charge in [0.25, 0.3) is 0 Å². The second-order valence-corrected chi connectivity index (χ2v) is 16.0. The Morgan fingerprint density at radius 1 is 0.478 bits per heavy atom. The summed E-state index contributed by atoms with van der Waals surface area (Å²) in [5, 5.41) is 0. The molecule has 0 aromatic rings. The van der Waals surface area contributed by atoms with E-state index in [0.29, 0.717) is 0 Å². The molecular weight excluding hydrogens is 402 g/mol. The number of hydrogen-bond donors (Lipinski definition) is 0. The zero-order chi connectivity index (χ0) is 14.1. The van der Waals surface area contributed by atoms with E-state index >= 15 is 0 Å². The molecule has 0 amide bonds. The second kappa shape index (κ2) is 7.97. The summed E-state index contributed by atoms with van der Waals surface area (Å²) in [7, 11) is 0. The molecule has 0 aromatic heterocycles. The van der Waals surface area contributed by atoms with Crippen LogP contribution in [0.3, 0.4) is 0 Å². The first-order valence-corrected chi connectivity index (χ1v) is 12.8. The monoisotopic (exact) mass is 422 g/mol. The van der Waals surface area contributed by atoms with E-state index in [1.165, 1.54) is 25.7 Å². The van der Waals surface area contributed by atoms with Crippen molar-refractivity contribution in [3.8, 4) is 0 Å². The number of hydrogen-bond acceptors (Lipinski definition) is 0. The van der Waals surface area contributed by atoms with Crippen molar-refractivity contribution >= 4 is 24.8 Å². The maximum absolute atomic E-state index is 2.83. The molecular formula is C20H22Cl2Zr. The molecule has 0 radical (unpaired) electrons. The van der Waals surface area contributed by atoms with Crippen LogP contribution in [0.4, 0.5) is 0 Å². The smallest absolute Gasteiger partial charge is 0.147 e. The van der Waals surface area contributed by atoms with Gasteiger partial charge in [-0.25, -0.2) is 0 Å². The van der Waals surface area contributed by atoms with Crippen molar-refractivity contribution in [3.63, 3.8) is 0 Å². The molecule has 120 valence electrons. The zero-order valence-corrected chi connectivity index (χ0v) is 17.2. The van der Waals surface area contributed by atoms with Crippen LogP contribution < -0.4 is 0 Å². The normalized spacial score (nSPS) is 20.9. The average Bonchev–Trinajstić information content (AvgIpc) is 3.32. The first kappa shape index (κ1) is 18.7. The van der Waals surface area contributed by atoms with Gasteiger partial charge in [0.1, 0.15) is 0 Å². The predicted octanol–water partition coefficient (Wildman–Crippen LogP) is 6.36. The Morgan fingerprint density at radius 2 is 0.739 bits per heavy atom. The molecule has 0 heterocycles. The molecule has 0 fully saturated rings. The van der Waals surface area contributed by atoms with Crippen LogP contribution in [0.25, 0.3) is 0 Å². The topological polar surface area (TPSA) is 0 Å². The molecule has 0 N–H and O–H groups in total. The minimum Gasteiger partial charge on any atom is -0.147 e. The van der Waals surface area contributed by atoms with E-state index in [2.05, 4.69) is 72.9 Å². The van der Waals surface area contributed by atoms with Crippen LogP contribution in [0.5, 0.6) is 0 Å². The largest absolute Gasteiger partial charge is 0.147 e. The van der Waals surface area contributed by atoms with E-state index in [1.54, 1.807) is 13.1 Å². The van der Waals surface area contributed by atoms with Crippen molar-refractivity contribution in [1.29, 1.82) is 0 Å². The predicted molar refractivity (Wildman–Crippen MR) is 102 cm³/mol. The molecule has 0 unspecified atom stereocenters. The van der Waals surface area contributed by atoms with E-state index in [1.807, 2.05) is 0 Å². The molecule has 0 aromatic carbocycles.